The second-order valence-electron chi connectivity index (χ2n) is 4.78. The van der Waals surface area contributed by atoms with Crippen LogP contribution in [-0.2, 0) is 22.7 Å². The standard InChI is InChI=1S/C13H19N3OS/c1-2-14-13-10-7-18-8-11(10)15-12(16-13)6-9-4-3-5-17-9/h9H,2-8H2,1H3,(H,14,15,16). The lowest BCUT2D eigenvalue weighted by atomic mass is 10.1. The van der Waals surface area contributed by atoms with Crippen LogP contribution in [0, 0.1) is 0 Å². The van der Waals surface area contributed by atoms with Crippen molar-refractivity contribution in [3.8, 4) is 0 Å². The van der Waals surface area contributed by atoms with Crippen LogP contribution >= 0.6 is 11.8 Å². The van der Waals surface area contributed by atoms with Gasteiger partial charge in [0, 0.05) is 36.6 Å². The molecule has 1 unspecified atom stereocenters. The summed E-state index contributed by atoms with van der Waals surface area (Å²) in [6.07, 6.45) is 3.50. The fourth-order valence-electron chi connectivity index (χ4n) is 2.52. The highest BCUT2D eigenvalue weighted by Gasteiger charge is 2.22. The maximum atomic E-state index is 5.67. The van der Waals surface area contributed by atoms with Crippen LogP contribution in [0.15, 0.2) is 0 Å². The van der Waals surface area contributed by atoms with Crippen LogP contribution in [0.4, 0.5) is 5.82 Å². The van der Waals surface area contributed by atoms with Crippen molar-refractivity contribution in [2.75, 3.05) is 18.5 Å². The van der Waals surface area contributed by atoms with Crippen molar-refractivity contribution < 1.29 is 4.74 Å². The van der Waals surface area contributed by atoms with Gasteiger partial charge in [-0.2, -0.15) is 11.8 Å². The summed E-state index contributed by atoms with van der Waals surface area (Å²) >= 11 is 1.92. The number of nitrogens with zero attached hydrogens (tertiary/aromatic N) is 2. The molecule has 4 nitrogen and oxygen atoms in total. The van der Waals surface area contributed by atoms with Gasteiger partial charge in [0.15, 0.2) is 0 Å². The topological polar surface area (TPSA) is 47.0 Å². The smallest absolute Gasteiger partial charge is 0.134 e. The SMILES string of the molecule is CCNc1nc(CC2CCCO2)nc2c1CSC2. The molecule has 0 aliphatic carbocycles. The third-order valence-electron chi connectivity index (χ3n) is 3.40. The molecule has 98 valence electrons. The summed E-state index contributed by atoms with van der Waals surface area (Å²) < 4.78 is 5.67. The summed E-state index contributed by atoms with van der Waals surface area (Å²) in [5.74, 6) is 4.05. The number of hydrogen-bond donors (Lipinski definition) is 1. The number of fused-ring (bicyclic) bond motifs is 1. The van der Waals surface area contributed by atoms with Crippen molar-refractivity contribution >= 4 is 17.6 Å². The second-order valence-corrected chi connectivity index (χ2v) is 5.76. The first-order valence-corrected chi connectivity index (χ1v) is 7.84. The molecule has 18 heavy (non-hydrogen) atoms. The lowest BCUT2D eigenvalue weighted by Gasteiger charge is -2.12. The summed E-state index contributed by atoms with van der Waals surface area (Å²) in [6.45, 7) is 3.91. The Balaban J connectivity index is 1.83. The molecule has 0 spiro atoms. The van der Waals surface area contributed by atoms with Crippen LogP contribution in [-0.4, -0.2) is 29.2 Å². The Morgan fingerprint density at radius 1 is 1.39 bits per heavy atom. The highest BCUT2D eigenvalue weighted by molar-refractivity contribution is 7.98. The van der Waals surface area contributed by atoms with Gasteiger partial charge in [-0.25, -0.2) is 9.97 Å². The molecule has 0 saturated carbocycles. The van der Waals surface area contributed by atoms with Crippen molar-refractivity contribution in [2.24, 2.45) is 0 Å². The van der Waals surface area contributed by atoms with Crippen LogP contribution in [0.25, 0.3) is 0 Å². The Morgan fingerprint density at radius 2 is 2.33 bits per heavy atom. The zero-order valence-corrected chi connectivity index (χ0v) is 11.6. The van der Waals surface area contributed by atoms with Crippen molar-refractivity contribution in [3.63, 3.8) is 0 Å². The maximum Gasteiger partial charge on any atom is 0.134 e. The number of nitrogens with one attached hydrogen (secondary N) is 1. The average Bonchev–Trinajstić information content (AvgIpc) is 3.00. The maximum absolute atomic E-state index is 5.67. The number of rotatable bonds is 4. The van der Waals surface area contributed by atoms with Crippen molar-refractivity contribution in [1.82, 2.24) is 9.97 Å². The van der Waals surface area contributed by atoms with Crippen LogP contribution in [0.2, 0.25) is 0 Å². The van der Waals surface area contributed by atoms with E-state index < -0.39 is 0 Å². The molecule has 0 bridgehead atoms. The molecule has 1 saturated heterocycles. The van der Waals surface area contributed by atoms with Crippen molar-refractivity contribution in [1.29, 1.82) is 0 Å². The van der Waals surface area contributed by atoms with Gasteiger partial charge < -0.3 is 10.1 Å². The fraction of sp³-hybridized carbons (Fsp3) is 0.692. The quantitative estimate of drug-likeness (QED) is 0.905. The average molecular weight is 265 g/mol. The van der Waals surface area contributed by atoms with Crippen LogP contribution in [0.3, 0.4) is 0 Å². The molecule has 1 aromatic heterocycles. The van der Waals surface area contributed by atoms with Crippen LogP contribution in [0.5, 0.6) is 0 Å². The molecule has 1 fully saturated rings. The highest BCUT2D eigenvalue weighted by Crippen LogP contribution is 2.33. The first-order chi connectivity index (χ1) is 8.86. The molecule has 2 aliphatic heterocycles. The predicted molar refractivity (Wildman–Crippen MR) is 73.9 cm³/mol. The minimum absolute atomic E-state index is 0.326. The van der Waals surface area contributed by atoms with E-state index in [1.807, 2.05) is 11.8 Å². The van der Waals surface area contributed by atoms with Gasteiger partial charge in [-0.15, -0.1) is 0 Å². The van der Waals surface area contributed by atoms with E-state index >= 15 is 0 Å². The lowest BCUT2D eigenvalue weighted by molar-refractivity contribution is 0.110. The summed E-state index contributed by atoms with van der Waals surface area (Å²) in [4.78, 5) is 9.39. The normalized spacial score (nSPS) is 22.2. The van der Waals surface area contributed by atoms with E-state index in [1.54, 1.807) is 0 Å². The number of anilines is 1. The van der Waals surface area contributed by atoms with Crippen molar-refractivity contribution in [3.05, 3.63) is 17.1 Å². The lowest BCUT2D eigenvalue weighted by Crippen LogP contribution is -2.14. The molecule has 3 rings (SSSR count). The van der Waals surface area contributed by atoms with Gasteiger partial charge in [-0.1, -0.05) is 0 Å². The molecule has 0 radical (unpaired) electrons. The van der Waals surface area contributed by atoms with Gasteiger partial charge in [-0.3, -0.25) is 0 Å². The van der Waals surface area contributed by atoms with Crippen LogP contribution in [0.1, 0.15) is 36.8 Å². The molecule has 1 aromatic rings. The van der Waals surface area contributed by atoms with Crippen LogP contribution < -0.4 is 5.32 Å². The largest absolute Gasteiger partial charge is 0.378 e. The number of thioether (sulfide) groups is 1. The van der Waals surface area contributed by atoms with Gasteiger partial charge in [0.2, 0.25) is 0 Å². The fourth-order valence-corrected chi connectivity index (χ4v) is 3.56. The summed E-state index contributed by atoms with van der Waals surface area (Å²) in [7, 11) is 0. The van der Waals surface area contributed by atoms with E-state index in [9.17, 15) is 0 Å². The molecule has 3 heterocycles. The minimum Gasteiger partial charge on any atom is -0.378 e. The number of aromatic nitrogens is 2. The third kappa shape index (κ3) is 2.47. The zero-order chi connectivity index (χ0) is 12.4. The number of hydrogen-bond acceptors (Lipinski definition) is 5. The Hall–Kier alpha value is -0.810. The molecule has 0 aromatic carbocycles. The molecule has 5 heteroatoms. The van der Waals surface area contributed by atoms with E-state index in [4.69, 9.17) is 9.72 Å². The first-order valence-electron chi connectivity index (χ1n) is 6.68. The van der Waals surface area contributed by atoms with Gasteiger partial charge in [0.1, 0.15) is 11.6 Å². The van der Waals surface area contributed by atoms with Gasteiger partial charge in [0.25, 0.3) is 0 Å². The summed E-state index contributed by atoms with van der Waals surface area (Å²) in [5.41, 5.74) is 2.52. The van der Waals surface area contributed by atoms with E-state index in [1.165, 1.54) is 17.7 Å². The Bertz CT molecular complexity index is 432. The molecule has 1 N–H and O–H groups in total. The third-order valence-corrected chi connectivity index (χ3v) is 4.37. The summed E-state index contributed by atoms with van der Waals surface area (Å²) in [6, 6.07) is 0. The number of ether oxygens (including phenoxy) is 1. The zero-order valence-electron chi connectivity index (χ0n) is 10.7. The van der Waals surface area contributed by atoms with Gasteiger partial charge in [0.05, 0.1) is 11.8 Å². The van der Waals surface area contributed by atoms with E-state index in [2.05, 4.69) is 17.2 Å². The Kier molecular flexibility index (Phi) is 3.70. The highest BCUT2D eigenvalue weighted by atomic mass is 32.2. The molecule has 2 aliphatic rings. The molecule has 0 amide bonds. The van der Waals surface area contributed by atoms with E-state index in [0.717, 1.165) is 49.1 Å². The van der Waals surface area contributed by atoms with E-state index in [0.29, 0.717) is 6.10 Å². The Labute approximate surface area is 112 Å². The van der Waals surface area contributed by atoms with Gasteiger partial charge >= 0.3 is 0 Å². The first kappa shape index (κ1) is 12.2. The monoisotopic (exact) mass is 265 g/mol. The minimum atomic E-state index is 0.326. The summed E-state index contributed by atoms with van der Waals surface area (Å²) in [5, 5.41) is 3.37. The Morgan fingerprint density at radius 3 is 3.11 bits per heavy atom. The van der Waals surface area contributed by atoms with Gasteiger partial charge in [-0.05, 0) is 19.8 Å². The second kappa shape index (κ2) is 5.45. The van der Waals surface area contributed by atoms with E-state index in [-0.39, 0.29) is 0 Å². The molecular formula is C13H19N3OS. The predicted octanol–water partition coefficient (Wildman–Crippen LogP) is 2.38. The molecular weight excluding hydrogens is 246 g/mol. The molecule has 1 atom stereocenters. The van der Waals surface area contributed by atoms with Crippen molar-refractivity contribution in [2.45, 2.75) is 43.8 Å².